The molecule has 210 valence electrons. The van der Waals surface area contributed by atoms with Gasteiger partial charge in [0.25, 0.3) is 5.91 Å². The van der Waals surface area contributed by atoms with Crippen LogP contribution in [0, 0.1) is 5.82 Å². The van der Waals surface area contributed by atoms with E-state index < -0.39 is 0 Å². The monoisotopic (exact) mass is 581 g/mol. The van der Waals surface area contributed by atoms with Crippen molar-refractivity contribution in [2.45, 2.75) is 37.5 Å². The Morgan fingerprint density at radius 1 is 1.00 bits per heavy atom. The van der Waals surface area contributed by atoms with Gasteiger partial charge in [0.2, 0.25) is 5.91 Å². The van der Waals surface area contributed by atoms with E-state index in [1.54, 1.807) is 16.7 Å². The van der Waals surface area contributed by atoms with Crippen LogP contribution in [-0.2, 0) is 10.2 Å². The van der Waals surface area contributed by atoms with Crippen molar-refractivity contribution in [3.8, 4) is 0 Å². The van der Waals surface area contributed by atoms with Crippen LogP contribution in [0.2, 0.25) is 10.0 Å². The van der Waals surface area contributed by atoms with Gasteiger partial charge in [0.1, 0.15) is 5.82 Å². The first-order valence-corrected chi connectivity index (χ1v) is 14.5. The summed E-state index contributed by atoms with van der Waals surface area (Å²) >= 11 is 12.6. The second-order valence-electron chi connectivity index (χ2n) is 11.1. The predicted octanol–water partition coefficient (Wildman–Crippen LogP) is 6.78. The summed E-state index contributed by atoms with van der Waals surface area (Å²) in [6, 6.07) is 19.9. The maximum absolute atomic E-state index is 14.0. The summed E-state index contributed by atoms with van der Waals surface area (Å²) in [5.74, 6) is -0.308. The van der Waals surface area contributed by atoms with Crippen LogP contribution in [0.25, 0.3) is 0 Å². The highest BCUT2D eigenvalue weighted by molar-refractivity contribution is 6.42. The van der Waals surface area contributed by atoms with E-state index in [-0.39, 0.29) is 29.0 Å². The molecular formula is C32H34Cl2FN3O2. The van der Waals surface area contributed by atoms with Gasteiger partial charge in [0.05, 0.1) is 15.7 Å². The van der Waals surface area contributed by atoms with E-state index >= 15 is 0 Å². The highest BCUT2D eigenvalue weighted by Gasteiger charge is 2.45. The molecule has 1 spiro atoms. The third kappa shape index (κ3) is 5.90. The lowest BCUT2D eigenvalue weighted by atomic mass is 9.74. The molecule has 8 heteroatoms. The predicted molar refractivity (Wildman–Crippen MR) is 159 cm³/mol. The summed E-state index contributed by atoms with van der Waals surface area (Å²) in [6.45, 7) is 5.33. The molecule has 3 aromatic carbocycles. The number of halogens is 3. The molecular weight excluding hydrogens is 548 g/mol. The molecule has 5 nitrogen and oxygen atoms in total. The molecule has 0 bridgehead atoms. The van der Waals surface area contributed by atoms with E-state index in [4.69, 9.17) is 23.2 Å². The fourth-order valence-electron chi connectivity index (χ4n) is 6.25. The Hall–Kier alpha value is -2.93. The second kappa shape index (κ2) is 11.9. The van der Waals surface area contributed by atoms with Crippen molar-refractivity contribution < 1.29 is 14.0 Å². The van der Waals surface area contributed by atoms with Gasteiger partial charge < -0.3 is 14.7 Å². The lowest BCUT2D eigenvalue weighted by molar-refractivity contribution is -0.116. The van der Waals surface area contributed by atoms with Crippen LogP contribution >= 0.6 is 23.2 Å². The zero-order valence-electron chi connectivity index (χ0n) is 22.9. The quantitative estimate of drug-likeness (QED) is 0.309. The van der Waals surface area contributed by atoms with Gasteiger partial charge in [-0.2, -0.15) is 0 Å². The fraction of sp³-hybridized carbons (Fsp3) is 0.375. The number of anilines is 1. The number of carbonyl (C=O) groups excluding carboxylic acids is 2. The Morgan fingerprint density at radius 2 is 1.73 bits per heavy atom. The van der Waals surface area contributed by atoms with Gasteiger partial charge in [0.15, 0.2) is 0 Å². The minimum atomic E-state index is -0.316. The van der Waals surface area contributed by atoms with Gasteiger partial charge in [-0.1, -0.05) is 53.5 Å². The zero-order chi connectivity index (χ0) is 28.4. The molecule has 1 fully saturated rings. The largest absolute Gasteiger partial charge is 0.341 e. The molecule has 2 amide bonds. The van der Waals surface area contributed by atoms with Crippen molar-refractivity contribution in [2.24, 2.45) is 0 Å². The molecule has 0 aliphatic carbocycles. The van der Waals surface area contributed by atoms with Gasteiger partial charge in [-0.05, 0) is 86.4 Å². The van der Waals surface area contributed by atoms with Crippen molar-refractivity contribution >= 4 is 40.7 Å². The normalized spacial score (nSPS) is 17.1. The summed E-state index contributed by atoms with van der Waals surface area (Å²) in [4.78, 5) is 31.4. The Bertz CT molecular complexity index is 1390. The highest BCUT2D eigenvalue weighted by atomic mass is 35.5. The van der Waals surface area contributed by atoms with Crippen LogP contribution in [0.3, 0.4) is 0 Å². The van der Waals surface area contributed by atoms with Crippen molar-refractivity contribution in [1.29, 1.82) is 0 Å². The van der Waals surface area contributed by atoms with E-state index in [1.807, 2.05) is 61.6 Å². The summed E-state index contributed by atoms with van der Waals surface area (Å²) in [6.07, 6.45) is 2.65. The average Bonchev–Trinajstić information content (AvgIpc) is 3.26. The third-order valence-electron chi connectivity index (χ3n) is 8.55. The summed E-state index contributed by atoms with van der Waals surface area (Å²) in [7, 11) is 1.84. The molecule has 3 aromatic rings. The van der Waals surface area contributed by atoms with Crippen LogP contribution < -0.4 is 4.90 Å². The number of likely N-dealkylation sites (tertiary alicyclic amines) is 1. The summed E-state index contributed by atoms with van der Waals surface area (Å²) in [5.41, 5.74) is 3.37. The van der Waals surface area contributed by atoms with Crippen molar-refractivity contribution in [3.63, 3.8) is 0 Å². The Kier molecular flexibility index (Phi) is 8.50. The standard InChI is InChI=1S/C32H34Cl2FN3O2/c1-22(39)38-21-32(27-10-9-26(35)19-30(27)38)13-16-37(17-14-32)15-12-25(24-8-11-28(33)29(34)18-24)20-36(2)31(40)23-6-4-3-5-7-23/h3-11,18-19,25H,12-17,20-21H2,1-2H3/t25-/m1/s1. The number of fused-ring (bicyclic) bond motifs is 2. The zero-order valence-corrected chi connectivity index (χ0v) is 24.4. The fourth-order valence-corrected chi connectivity index (χ4v) is 6.55. The first kappa shape index (κ1) is 28.6. The maximum atomic E-state index is 14.0. The molecule has 0 aromatic heterocycles. The molecule has 2 aliphatic heterocycles. The lowest BCUT2D eigenvalue weighted by Crippen LogP contribution is -2.46. The van der Waals surface area contributed by atoms with E-state index in [1.165, 1.54) is 12.1 Å². The number of likely N-dealkylation sites (N-methyl/N-ethyl adjacent to an activating group) is 1. The van der Waals surface area contributed by atoms with Gasteiger partial charge in [-0.3, -0.25) is 9.59 Å². The van der Waals surface area contributed by atoms with Crippen molar-refractivity contribution in [1.82, 2.24) is 9.80 Å². The van der Waals surface area contributed by atoms with E-state index in [0.29, 0.717) is 34.4 Å². The van der Waals surface area contributed by atoms with E-state index in [9.17, 15) is 14.0 Å². The molecule has 0 radical (unpaired) electrons. The lowest BCUT2D eigenvalue weighted by Gasteiger charge is -2.40. The number of benzene rings is 3. The molecule has 0 unspecified atom stereocenters. The second-order valence-corrected chi connectivity index (χ2v) is 11.9. The topological polar surface area (TPSA) is 43.9 Å². The number of carbonyl (C=O) groups is 2. The minimum absolute atomic E-state index is 0.0167. The number of piperidine rings is 1. The molecule has 1 atom stereocenters. The molecule has 2 aliphatic rings. The number of hydrogen-bond donors (Lipinski definition) is 0. The van der Waals surface area contributed by atoms with Crippen LogP contribution in [0.1, 0.15) is 53.6 Å². The number of amides is 2. The van der Waals surface area contributed by atoms with Gasteiger partial charge in [-0.15, -0.1) is 0 Å². The molecule has 0 saturated carbocycles. The summed E-state index contributed by atoms with van der Waals surface area (Å²) < 4.78 is 14.0. The first-order chi connectivity index (χ1) is 19.2. The molecule has 40 heavy (non-hydrogen) atoms. The number of nitrogens with zero attached hydrogens (tertiary/aromatic N) is 3. The molecule has 2 heterocycles. The maximum Gasteiger partial charge on any atom is 0.253 e. The Morgan fingerprint density at radius 3 is 2.40 bits per heavy atom. The van der Waals surface area contributed by atoms with Crippen molar-refractivity contribution in [2.75, 3.05) is 44.7 Å². The minimum Gasteiger partial charge on any atom is -0.341 e. The summed E-state index contributed by atoms with van der Waals surface area (Å²) in [5, 5.41) is 1.02. The van der Waals surface area contributed by atoms with E-state index in [2.05, 4.69) is 4.90 Å². The molecule has 5 rings (SSSR count). The number of rotatable bonds is 7. The smallest absolute Gasteiger partial charge is 0.253 e. The van der Waals surface area contributed by atoms with Crippen LogP contribution in [-0.4, -0.2) is 61.4 Å². The SMILES string of the molecule is CC(=O)N1CC2(CCN(CC[C@H](CN(C)C(=O)c3ccccc3)c3ccc(Cl)c(Cl)c3)CC2)c2ccc(F)cc21. The average molecular weight is 583 g/mol. The third-order valence-corrected chi connectivity index (χ3v) is 9.29. The first-order valence-electron chi connectivity index (χ1n) is 13.7. The van der Waals surface area contributed by atoms with E-state index in [0.717, 1.165) is 50.0 Å². The van der Waals surface area contributed by atoms with Crippen LogP contribution in [0.4, 0.5) is 10.1 Å². The van der Waals surface area contributed by atoms with Gasteiger partial charge in [-0.25, -0.2) is 4.39 Å². The Balaban J connectivity index is 1.27. The number of hydrogen-bond acceptors (Lipinski definition) is 3. The van der Waals surface area contributed by atoms with Crippen LogP contribution in [0.5, 0.6) is 0 Å². The van der Waals surface area contributed by atoms with Crippen LogP contribution in [0.15, 0.2) is 66.7 Å². The molecule has 1 saturated heterocycles. The Labute approximate surface area is 245 Å². The highest BCUT2D eigenvalue weighted by Crippen LogP contribution is 2.47. The van der Waals surface area contributed by atoms with Gasteiger partial charge in [0, 0.05) is 44.0 Å². The molecule has 0 N–H and O–H groups in total. The van der Waals surface area contributed by atoms with Crippen molar-refractivity contribution in [3.05, 3.63) is 99.3 Å². The van der Waals surface area contributed by atoms with Gasteiger partial charge >= 0.3 is 0 Å².